The highest BCUT2D eigenvalue weighted by molar-refractivity contribution is 8.14. The Morgan fingerprint density at radius 3 is 3.33 bits per heavy atom. The predicted octanol–water partition coefficient (Wildman–Crippen LogP) is 0.103. The minimum absolute atomic E-state index is 0.0656. The minimum Gasteiger partial charge on any atom is -0.368 e. The Balaban J connectivity index is 2.43. The van der Waals surface area contributed by atoms with E-state index in [1.165, 1.54) is 0 Å². The standard InChI is InChI=1S/C6H6N4OS/c7-6-9-1-3-5(10-6)8-2-4(11)12-3/h1H,2H2,(H3,7,8,9,10). The summed E-state index contributed by atoms with van der Waals surface area (Å²) in [7, 11) is 0. The largest absolute Gasteiger partial charge is 0.368 e. The van der Waals surface area contributed by atoms with Crippen molar-refractivity contribution in [2.24, 2.45) is 0 Å². The number of nitrogens with two attached hydrogens (primary N) is 1. The molecule has 3 N–H and O–H groups in total. The average Bonchev–Trinajstić information content (AvgIpc) is 2.05. The van der Waals surface area contributed by atoms with Crippen LogP contribution in [0.5, 0.6) is 0 Å². The molecule has 2 heterocycles. The molecule has 0 unspecified atom stereocenters. The Hall–Kier alpha value is -1.30. The Morgan fingerprint density at radius 2 is 2.50 bits per heavy atom. The lowest BCUT2D eigenvalue weighted by Crippen LogP contribution is -2.17. The van der Waals surface area contributed by atoms with Crippen molar-refractivity contribution in [2.45, 2.75) is 4.90 Å². The van der Waals surface area contributed by atoms with Crippen molar-refractivity contribution < 1.29 is 4.79 Å². The molecule has 0 radical (unpaired) electrons. The molecule has 0 aromatic carbocycles. The number of nitrogens with zero attached hydrogens (tertiary/aromatic N) is 2. The van der Waals surface area contributed by atoms with Crippen molar-refractivity contribution in [3.63, 3.8) is 0 Å². The van der Waals surface area contributed by atoms with E-state index in [4.69, 9.17) is 5.73 Å². The van der Waals surface area contributed by atoms with Crippen LogP contribution in [0.1, 0.15) is 0 Å². The van der Waals surface area contributed by atoms with Crippen molar-refractivity contribution in [1.82, 2.24) is 9.97 Å². The van der Waals surface area contributed by atoms with Gasteiger partial charge in [-0.25, -0.2) is 4.98 Å². The number of carbonyl (C=O) groups is 1. The summed E-state index contributed by atoms with van der Waals surface area (Å²) in [5.41, 5.74) is 5.36. The Labute approximate surface area is 72.8 Å². The van der Waals surface area contributed by atoms with E-state index in [2.05, 4.69) is 15.3 Å². The number of rotatable bonds is 0. The first-order chi connectivity index (χ1) is 5.75. The monoisotopic (exact) mass is 182 g/mol. The molecule has 0 aliphatic carbocycles. The fraction of sp³-hybridized carbons (Fsp3) is 0.167. The van der Waals surface area contributed by atoms with Gasteiger partial charge in [-0.15, -0.1) is 0 Å². The van der Waals surface area contributed by atoms with E-state index in [1.54, 1.807) is 6.20 Å². The van der Waals surface area contributed by atoms with Gasteiger partial charge in [0.25, 0.3) is 0 Å². The molecular weight excluding hydrogens is 176 g/mol. The van der Waals surface area contributed by atoms with Gasteiger partial charge in [0, 0.05) is 6.20 Å². The first-order valence-corrected chi connectivity index (χ1v) is 4.14. The molecule has 0 fully saturated rings. The maximum Gasteiger partial charge on any atom is 0.221 e. The van der Waals surface area contributed by atoms with E-state index < -0.39 is 0 Å². The van der Waals surface area contributed by atoms with E-state index in [1.807, 2.05) is 0 Å². The number of hydrogen-bond donors (Lipinski definition) is 2. The van der Waals surface area contributed by atoms with Crippen molar-refractivity contribution in [1.29, 1.82) is 0 Å². The van der Waals surface area contributed by atoms with E-state index in [9.17, 15) is 4.79 Å². The molecule has 1 aliphatic heterocycles. The second kappa shape index (κ2) is 2.63. The molecule has 1 aromatic rings. The molecule has 2 rings (SSSR count). The van der Waals surface area contributed by atoms with Crippen molar-refractivity contribution in [3.8, 4) is 0 Å². The molecule has 0 saturated carbocycles. The third-order valence-corrected chi connectivity index (χ3v) is 2.29. The summed E-state index contributed by atoms with van der Waals surface area (Å²) in [6.07, 6.45) is 1.55. The van der Waals surface area contributed by atoms with Gasteiger partial charge in [0.1, 0.15) is 5.82 Å². The molecule has 1 aliphatic rings. The van der Waals surface area contributed by atoms with E-state index >= 15 is 0 Å². The van der Waals surface area contributed by atoms with Gasteiger partial charge in [-0.3, -0.25) is 4.79 Å². The Bertz CT molecular complexity index is 340. The van der Waals surface area contributed by atoms with Gasteiger partial charge in [-0.05, 0) is 11.8 Å². The summed E-state index contributed by atoms with van der Waals surface area (Å²) in [6.45, 7) is 0.300. The summed E-state index contributed by atoms with van der Waals surface area (Å²) in [4.78, 5) is 19.4. The van der Waals surface area contributed by atoms with Gasteiger partial charge in [0.2, 0.25) is 11.1 Å². The highest BCUT2D eigenvalue weighted by Gasteiger charge is 2.17. The van der Waals surface area contributed by atoms with Crippen LogP contribution < -0.4 is 11.1 Å². The summed E-state index contributed by atoms with van der Waals surface area (Å²) in [5, 5.41) is 2.92. The van der Waals surface area contributed by atoms with Crippen LogP contribution in [0.4, 0.5) is 11.8 Å². The third kappa shape index (κ3) is 1.20. The first-order valence-electron chi connectivity index (χ1n) is 3.33. The SMILES string of the molecule is Nc1ncc2c(n1)NCC(=O)S2. The van der Waals surface area contributed by atoms with Crippen LogP contribution in [-0.4, -0.2) is 21.6 Å². The Kier molecular flexibility index (Phi) is 1.61. The maximum atomic E-state index is 10.9. The third-order valence-electron chi connectivity index (χ3n) is 1.40. The van der Waals surface area contributed by atoms with Crippen LogP contribution in [0.25, 0.3) is 0 Å². The lowest BCUT2D eigenvalue weighted by atomic mass is 10.5. The number of nitrogens with one attached hydrogen (secondary N) is 1. The molecule has 6 heteroatoms. The number of hydrogen-bond acceptors (Lipinski definition) is 6. The van der Waals surface area contributed by atoms with Crippen LogP contribution in [0.3, 0.4) is 0 Å². The molecular formula is C6H6N4OS. The van der Waals surface area contributed by atoms with E-state index in [0.717, 1.165) is 16.7 Å². The highest BCUT2D eigenvalue weighted by Crippen LogP contribution is 2.29. The van der Waals surface area contributed by atoms with Crippen molar-refractivity contribution in [2.75, 3.05) is 17.6 Å². The minimum atomic E-state index is 0.0656. The zero-order valence-electron chi connectivity index (χ0n) is 6.07. The van der Waals surface area contributed by atoms with Crippen LogP contribution in [0.2, 0.25) is 0 Å². The highest BCUT2D eigenvalue weighted by atomic mass is 32.2. The number of carbonyl (C=O) groups excluding carboxylic acids is 1. The topological polar surface area (TPSA) is 80.9 Å². The lowest BCUT2D eigenvalue weighted by molar-refractivity contribution is -0.109. The molecule has 0 atom stereocenters. The molecule has 0 amide bonds. The van der Waals surface area contributed by atoms with Gasteiger partial charge < -0.3 is 11.1 Å². The summed E-state index contributed by atoms with van der Waals surface area (Å²) < 4.78 is 0. The fourth-order valence-electron chi connectivity index (χ4n) is 0.900. The number of aromatic nitrogens is 2. The van der Waals surface area contributed by atoms with E-state index in [-0.39, 0.29) is 11.1 Å². The normalized spacial score (nSPS) is 15.2. The van der Waals surface area contributed by atoms with Gasteiger partial charge in [-0.1, -0.05) is 0 Å². The molecule has 62 valence electrons. The quantitative estimate of drug-likeness (QED) is 0.592. The molecule has 0 spiro atoms. The average molecular weight is 182 g/mol. The molecule has 0 saturated heterocycles. The smallest absolute Gasteiger partial charge is 0.221 e. The number of anilines is 2. The Morgan fingerprint density at radius 1 is 1.67 bits per heavy atom. The number of thioether (sulfide) groups is 1. The molecule has 1 aromatic heterocycles. The van der Waals surface area contributed by atoms with Gasteiger partial charge in [-0.2, -0.15) is 4.98 Å². The zero-order chi connectivity index (χ0) is 8.55. The molecule has 0 bridgehead atoms. The summed E-state index contributed by atoms with van der Waals surface area (Å²) in [6, 6.07) is 0. The van der Waals surface area contributed by atoms with Crippen molar-refractivity contribution >= 4 is 28.6 Å². The molecule has 12 heavy (non-hydrogen) atoms. The molecule has 5 nitrogen and oxygen atoms in total. The van der Waals surface area contributed by atoms with Crippen molar-refractivity contribution in [3.05, 3.63) is 6.20 Å². The summed E-state index contributed by atoms with van der Waals surface area (Å²) >= 11 is 1.14. The number of fused-ring (bicyclic) bond motifs is 1. The maximum absolute atomic E-state index is 10.9. The van der Waals surface area contributed by atoms with Gasteiger partial charge in [0.15, 0.2) is 0 Å². The summed E-state index contributed by atoms with van der Waals surface area (Å²) in [5.74, 6) is 0.864. The van der Waals surface area contributed by atoms with Crippen LogP contribution >= 0.6 is 11.8 Å². The number of nitrogen functional groups attached to an aromatic ring is 1. The second-order valence-corrected chi connectivity index (χ2v) is 3.37. The van der Waals surface area contributed by atoms with Crippen LogP contribution in [-0.2, 0) is 4.79 Å². The van der Waals surface area contributed by atoms with Gasteiger partial charge in [0.05, 0.1) is 11.4 Å². The predicted molar refractivity (Wildman–Crippen MR) is 45.8 cm³/mol. The zero-order valence-corrected chi connectivity index (χ0v) is 6.89. The van der Waals surface area contributed by atoms with E-state index in [0.29, 0.717) is 12.4 Å². The fourth-order valence-corrected chi connectivity index (χ4v) is 1.61. The van der Waals surface area contributed by atoms with Gasteiger partial charge >= 0.3 is 0 Å². The second-order valence-electron chi connectivity index (χ2n) is 2.27. The van der Waals surface area contributed by atoms with Crippen LogP contribution in [0, 0.1) is 0 Å². The van der Waals surface area contributed by atoms with Crippen LogP contribution in [0.15, 0.2) is 11.1 Å². The lowest BCUT2D eigenvalue weighted by Gasteiger charge is -2.13. The first kappa shape index (κ1) is 7.35.